The van der Waals surface area contributed by atoms with E-state index in [1.807, 2.05) is 39.5 Å². The molecular formula is C18H29N3O2S2. The average molecular weight is 384 g/mol. The normalized spacial score (nSPS) is 20.6. The van der Waals surface area contributed by atoms with Gasteiger partial charge in [-0.05, 0) is 58.6 Å². The van der Waals surface area contributed by atoms with Crippen LogP contribution in [0.3, 0.4) is 0 Å². The summed E-state index contributed by atoms with van der Waals surface area (Å²) in [6, 6.07) is 2.21. The van der Waals surface area contributed by atoms with Crippen molar-refractivity contribution in [2.45, 2.75) is 64.2 Å². The van der Waals surface area contributed by atoms with Crippen LogP contribution < -0.4 is 5.32 Å². The maximum absolute atomic E-state index is 12.6. The predicted molar refractivity (Wildman–Crippen MR) is 106 cm³/mol. The molecule has 0 aromatic carbocycles. The van der Waals surface area contributed by atoms with E-state index in [0.29, 0.717) is 13.1 Å². The molecule has 2 unspecified atom stereocenters. The van der Waals surface area contributed by atoms with Gasteiger partial charge in [0.05, 0.1) is 5.25 Å². The van der Waals surface area contributed by atoms with Crippen molar-refractivity contribution < 1.29 is 9.59 Å². The standard InChI is InChI=1S/C18H29N3O2S2/c1-11(2)19-18(23)20(12(3)4)8-9-21-16(22)14(6)25-17(21)15-13(5)7-10-24-15/h7,10-12,14,17H,8-9H2,1-6H3,(H,19,23). The van der Waals surface area contributed by atoms with Crippen molar-refractivity contribution in [1.82, 2.24) is 15.1 Å². The van der Waals surface area contributed by atoms with Gasteiger partial charge in [-0.15, -0.1) is 23.1 Å². The Morgan fingerprint density at radius 1 is 1.36 bits per heavy atom. The SMILES string of the molecule is Cc1ccsc1C1SC(C)C(=O)N1CCN(C(=O)NC(C)C)C(C)C. The quantitative estimate of drug-likeness (QED) is 0.812. The molecule has 1 saturated heterocycles. The van der Waals surface area contributed by atoms with E-state index in [1.165, 1.54) is 10.4 Å². The van der Waals surface area contributed by atoms with E-state index < -0.39 is 0 Å². The number of thiophene rings is 1. The molecule has 140 valence electrons. The molecule has 1 fully saturated rings. The molecule has 2 atom stereocenters. The molecule has 0 saturated carbocycles. The van der Waals surface area contributed by atoms with Gasteiger partial charge in [0.1, 0.15) is 5.37 Å². The summed E-state index contributed by atoms with van der Waals surface area (Å²) >= 11 is 3.40. The van der Waals surface area contributed by atoms with E-state index in [9.17, 15) is 9.59 Å². The molecule has 0 bridgehead atoms. The lowest BCUT2D eigenvalue weighted by atomic mass is 10.2. The number of thioether (sulfide) groups is 1. The van der Waals surface area contributed by atoms with Crippen LogP contribution in [-0.2, 0) is 4.79 Å². The topological polar surface area (TPSA) is 52.7 Å². The van der Waals surface area contributed by atoms with E-state index >= 15 is 0 Å². The number of urea groups is 1. The minimum absolute atomic E-state index is 0.0384. The Balaban J connectivity index is 2.11. The minimum Gasteiger partial charge on any atom is -0.336 e. The van der Waals surface area contributed by atoms with Gasteiger partial charge in [0.25, 0.3) is 0 Å². The minimum atomic E-state index is -0.0683. The molecule has 1 N–H and O–H groups in total. The van der Waals surface area contributed by atoms with Gasteiger partial charge < -0.3 is 15.1 Å². The van der Waals surface area contributed by atoms with E-state index in [1.54, 1.807) is 28.0 Å². The number of aryl methyl sites for hydroxylation is 1. The molecule has 1 aromatic heterocycles. The van der Waals surface area contributed by atoms with Crippen molar-refractivity contribution >= 4 is 35.0 Å². The van der Waals surface area contributed by atoms with Crippen LogP contribution >= 0.6 is 23.1 Å². The summed E-state index contributed by atoms with van der Waals surface area (Å²) in [6.07, 6.45) is 0. The highest BCUT2D eigenvalue weighted by Gasteiger charge is 2.39. The molecule has 5 nitrogen and oxygen atoms in total. The van der Waals surface area contributed by atoms with Crippen LogP contribution in [-0.4, -0.2) is 52.2 Å². The molecule has 3 amide bonds. The molecular weight excluding hydrogens is 354 g/mol. The summed E-state index contributed by atoms with van der Waals surface area (Å²) in [5.74, 6) is 0.163. The van der Waals surface area contributed by atoms with Gasteiger partial charge in [0.2, 0.25) is 5.91 Å². The third-order valence-corrected chi connectivity index (χ3v) is 6.83. The summed E-state index contributed by atoms with van der Waals surface area (Å²) in [7, 11) is 0. The Morgan fingerprint density at radius 2 is 2.04 bits per heavy atom. The van der Waals surface area contributed by atoms with Crippen LogP contribution in [0.1, 0.15) is 50.4 Å². The number of nitrogens with zero attached hydrogens (tertiary/aromatic N) is 2. The zero-order valence-electron chi connectivity index (χ0n) is 15.9. The molecule has 0 aliphatic carbocycles. The zero-order chi connectivity index (χ0) is 18.7. The number of hydrogen-bond acceptors (Lipinski definition) is 4. The molecule has 0 spiro atoms. The van der Waals surface area contributed by atoms with Gasteiger partial charge >= 0.3 is 6.03 Å². The molecule has 2 heterocycles. The second kappa shape index (κ2) is 8.45. The van der Waals surface area contributed by atoms with Crippen molar-refractivity contribution in [3.05, 3.63) is 21.9 Å². The third-order valence-electron chi connectivity index (χ3n) is 4.25. The Hall–Kier alpha value is -1.21. The fourth-order valence-corrected chi connectivity index (χ4v) is 5.44. The summed E-state index contributed by atoms with van der Waals surface area (Å²) < 4.78 is 0. The summed E-state index contributed by atoms with van der Waals surface area (Å²) in [5, 5.41) is 5.05. The van der Waals surface area contributed by atoms with Crippen molar-refractivity contribution in [1.29, 1.82) is 0 Å². The van der Waals surface area contributed by atoms with E-state index in [-0.39, 0.29) is 34.6 Å². The van der Waals surface area contributed by atoms with Crippen molar-refractivity contribution in [3.63, 3.8) is 0 Å². The average Bonchev–Trinajstić information content (AvgIpc) is 3.04. The second-order valence-corrected chi connectivity index (χ2v) is 9.39. The number of carbonyl (C=O) groups is 2. The van der Waals surface area contributed by atoms with Crippen molar-refractivity contribution in [2.24, 2.45) is 0 Å². The largest absolute Gasteiger partial charge is 0.336 e. The van der Waals surface area contributed by atoms with E-state index in [2.05, 4.69) is 23.7 Å². The monoisotopic (exact) mass is 383 g/mol. The van der Waals surface area contributed by atoms with Crippen LogP contribution in [0.15, 0.2) is 11.4 Å². The highest BCUT2D eigenvalue weighted by molar-refractivity contribution is 8.01. The van der Waals surface area contributed by atoms with Crippen LogP contribution in [0.4, 0.5) is 4.79 Å². The molecule has 25 heavy (non-hydrogen) atoms. The Labute approximate surface area is 159 Å². The first kappa shape index (κ1) is 20.1. The summed E-state index contributed by atoms with van der Waals surface area (Å²) in [5.41, 5.74) is 1.23. The summed E-state index contributed by atoms with van der Waals surface area (Å²) in [6.45, 7) is 13.1. The highest BCUT2D eigenvalue weighted by atomic mass is 32.2. The van der Waals surface area contributed by atoms with Crippen molar-refractivity contribution in [3.8, 4) is 0 Å². The molecule has 1 aliphatic heterocycles. The molecule has 0 radical (unpaired) electrons. The van der Waals surface area contributed by atoms with Crippen molar-refractivity contribution in [2.75, 3.05) is 13.1 Å². The lowest BCUT2D eigenvalue weighted by Gasteiger charge is -2.31. The summed E-state index contributed by atoms with van der Waals surface area (Å²) in [4.78, 5) is 30.0. The maximum atomic E-state index is 12.6. The first-order valence-corrected chi connectivity index (χ1v) is 10.6. The molecule has 1 aromatic rings. The number of nitrogens with one attached hydrogen (secondary N) is 1. The molecule has 7 heteroatoms. The maximum Gasteiger partial charge on any atom is 0.317 e. The molecule has 1 aliphatic rings. The van der Waals surface area contributed by atoms with Gasteiger partial charge in [0, 0.05) is 30.1 Å². The van der Waals surface area contributed by atoms with E-state index in [4.69, 9.17) is 0 Å². The fourth-order valence-electron chi connectivity index (χ4n) is 2.88. The van der Waals surface area contributed by atoms with Gasteiger partial charge in [-0.3, -0.25) is 4.79 Å². The van der Waals surface area contributed by atoms with Gasteiger partial charge in [0.15, 0.2) is 0 Å². The second-order valence-electron chi connectivity index (χ2n) is 7.02. The zero-order valence-corrected chi connectivity index (χ0v) is 17.5. The Bertz CT molecular complexity index is 615. The van der Waals surface area contributed by atoms with Crippen LogP contribution in [0, 0.1) is 6.92 Å². The lowest BCUT2D eigenvalue weighted by molar-refractivity contribution is -0.130. The molecule has 2 rings (SSSR count). The van der Waals surface area contributed by atoms with Crippen LogP contribution in [0.25, 0.3) is 0 Å². The third kappa shape index (κ3) is 4.70. The first-order valence-electron chi connectivity index (χ1n) is 8.79. The predicted octanol–water partition coefficient (Wildman–Crippen LogP) is 3.85. The van der Waals surface area contributed by atoms with E-state index in [0.717, 1.165) is 0 Å². The Morgan fingerprint density at radius 3 is 2.56 bits per heavy atom. The van der Waals surface area contributed by atoms with Crippen LogP contribution in [0.2, 0.25) is 0 Å². The van der Waals surface area contributed by atoms with Crippen LogP contribution in [0.5, 0.6) is 0 Å². The highest BCUT2D eigenvalue weighted by Crippen LogP contribution is 2.45. The number of rotatable bonds is 6. The number of carbonyl (C=O) groups excluding carboxylic acids is 2. The number of amides is 3. The first-order chi connectivity index (χ1) is 11.7. The lowest BCUT2D eigenvalue weighted by Crippen LogP contribution is -2.49. The fraction of sp³-hybridized carbons (Fsp3) is 0.667. The Kier molecular flexibility index (Phi) is 6.79. The van der Waals surface area contributed by atoms with Gasteiger partial charge in [-0.25, -0.2) is 4.79 Å². The smallest absolute Gasteiger partial charge is 0.317 e. The van der Waals surface area contributed by atoms with Gasteiger partial charge in [-0.1, -0.05) is 0 Å². The van der Waals surface area contributed by atoms with Gasteiger partial charge in [-0.2, -0.15) is 0 Å². The number of hydrogen-bond donors (Lipinski definition) is 1.